The van der Waals surface area contributed by atoms with Gasteiger partial charge in [-0.15, -0.1) is 0 Å². The van der Waals surface area contributed by atoms with Crippen LogP contribution in [0.25, 0.3) is 16.7 Å². The molecule has 0 fully saturated rings. The van der Waals surface area contributed by atoms with Crippen LogP contribution in [0.5, 0.6) is 0 Å². The maximum Gasteiger partial charge on any atom is 0.357 e. The van der Waals surface area contributed by atoms with Crippen LogP contribution in [0.3, 0.4) is 0 Å². The number of fused-ring (bicyclic) bond motifs is 1. The summed E-state index contributed by atoms with van der Waals surface area (Å²) in [6.45, 7) is 3.03. The van der Waals surface area contributed by atoms with Crippen molar-refractivity contribution in [3.63, 3.8) is 0 Å². The van der Waals surface area contributed by atoms with Crippen molar-refractivity contribution in [2.24, 2.45) is 0 Å². The minimum Gasteiger partial charge on any atom is -0.476 e. The van der Waals surface area contributed by atoms with Crippen LogP contribution in [0, 0.1) is 18.8 Å². The van der Waals surface area contributed by atoms with E-state index in [1.54, 1.807) is 25.1 Å². The number of anilines is 1. The van der Waals surface area contributed by atoms with Gasteiger partial charge >= 0.3 is 5.97 Å². The normalized spacial score (nSPS) is 12.9. The Bertz CT molecular complexity index is 1400. The molecule has 4 N–H and O–H groups in total. The number of carboxylic acids is 1. The van der Waals surface area contributed by atoms with Crippen molar-refractivity contribution in [2.45, 2.75) is 19.4 Å². The molecule has 4 aromatic rings. The van der Waals surface area contributed by atoms with E-state index >= 15 is 0 Å². The summed E-state index contributed by atoms with van der Waals surface area (Å²) in [7, 11) is 0. The number of aliphatic hydroxyl groups is 1. The smallest absolute Gasteiger partial charge is 0.357 e. The average Bonchev–Trinajstić information content (AvgIpc) is 3.32. The van der Waals surface area contributed by atoms with Gasteiger partial charge < -0.3 is 20.5 Å². The molecular formula is C19H14ClN7O4. The monoisotopic (exact) mass is 439 g/mol. The van der Waals surface area contributed by atoms with Gasteiger partial charge in [-0.2, -0.15) is 15.1 Å². The van der Waals surface area contributed by atoms with Crippen molar-refractivity contribution in [1.29, 1.82) is 0 Å². The molecule has 0 saturated heterocycles. The van der Waals surface area contributed by atoms with Crippen LogP contribution in [0.2, 0.25) is 5.02 Å². The molecule has 0 unspecified atom stereocenters. The van der Waals surface area contributed by atoms with Gasteiger partial charge in [0.25, 0.3) is 0 Å². The van der Waals surface area contributed by atoms with E-state index in [1.165, 1.54) is 17.8 Å². The molecule has 0 amide bonds. The van der Waals surface area contributed by atoms with E-state index in [1.807, 2.05) is 0 Å². The SMILES string of the molecule is Cc1nc([C@](C)(O)C#Cc2ccc3c(C(=O)O)nn(-c4nc(N)ncc4Cl)c3c2)no1. The molecule has 1 atom stereocenters. The molecule has 11 nitrogen and oxygen atoms in total. The van der Waals surface area contributed by atoms with E-state index in [0.29, 0.717) is 22.4 Å². The highest BCUT2D eigenvalue weighted by Gasteiger charge is 2.26. The first-order valence-electron chi connectivity index (χ1n) is 8.76. The Balaban J connectivity index is 1.86. The van der Waals surface area contributed by atoms with Gasteiger partial charge in [-0.05, 0) is 25.1 Å². The lowest BCUT2D eigenvalue weighted by Gasteiger charge is -2.10. The number of benzene rings is 1. The fourth-order valence-corrected chi connectivity index (χ4v) is 2.95. The van der Waals surface area contributed by atoms with Crippen molar-refractivity contribution in [1.82, 2.24) is 29.9 Å². The molecule has 0 saturated carbocycles. The fourth-order valence-electron chi connectivity index (χ4n) is 2.78. The molecule has 0 aliphatic carbocycles. The summed E-state index contributed by atoms with van der Waals surface area (Å²) >= 11 is 6.18. The van der Waals surface area contributed by atoms with Gasteiger partial charge in [-0.1, -0.05) is 28.6 Å². The van der Waals surface area contributed by atoms with Gasteiger partial charge in [0.1, 0.15) is 5.02 Å². The highest BCUT2D eigenvalue weighted by atomic mass is 35.5. The Hall–Kier alpha value is -4.01. The molecule has 1 aromatic carbocycles. The molecular weight excluding hydrogens is 426 g/mol. The standard InChI is InChI=1S/C19H14ClN7O4/c1-9-23-17(26-31-9)19(2,30)6-5-10-3-4-11-13(7-10)27(25-14(11)16(28)29)15-12(20)8-22-18(21)24-15/h3-4,7-8,30H,1-2H3,(H,28,29)(H2,21,22,24)/t19-/m1/s1. The molecule has 31 heavy (non-hydrogen) atoms. The second-order valence-corrected chi connectivity index (χ2v) is 7.06. The van der Waals surface area contributed by atoms with E-state index in [4.69, 9.17) is 21.9 Å². The average molecular weight is 440 g/mol. The second-order valence-electron chi connectivity index (χ2n) is 6.66. The number of halogens is 1. The van der Waals surface area contributed by atoms with Crippen molar-refractivity contribution in [2.75, 3.05) is 5.73 Å². The van der Waals surface area contributed by atoms with Crippen LogP contribution in [0.1, 0.15) is 34.7 Å². The number of carbonyl (C=O) groups is 1. The van der Waals surface area contributed by atoms with Crippen LogP contribution < -0.4 is 5.73 Å². The maximum atomic E-state index is 11.7. The predicted molar refractivity (Wildman–Crippen MR) is 109 cm³/mol. The maximum absolute atomic E-state index is 11.7. The zero-order valence-electron chi connectivity index (χ0n) is 16.2. The van der Waals surface area contributed by atoms with Gasteiger partial charge in [0.15, 0.2) is 17.1 Å². The van der Waals surface area contributed by atoms with E-state index in [-0.39, 0.29) is 28.3 Å². The summed E-state index contributed by atoms with van der Waals surface area (Å²) < 4.78 is 6.14. The Kier molecular flexibility index (Phi) is 4.81. The van der Waals surface area contributed by atoms with E-state index in [9.17, 15) is 15.0 Å². The number of nitrogen functional groups attached to an aromatic ring is 1. The number of hydrogen-bond donors (Lipinski definition) is 3. The minimum atomic E-state index is -1.66. The van der Waals surface area contributed by atoms with Gasteiger partial charge in [0.05, 0.1) is 11.7 Å². The number of rotatable bonds is 3. The van der Waals surface area contributed by atoms with Crippen LogP contribution >= 0.6 is 11.6 Å². The molecule has 4 rings (SSSR count). The van der Waals surface area contributed by atoms with Crippen molar-refractivity contribution < 1.29 is 19.5 Å². The first-order valence-corrected chi connectivity index (χ1v) is 9.14. The molecule has 0 aliphatic heterocycles. The minimum absolute atomic E-state index is 0.0278. The summed E-state index contributed by atoms with van der Waals surface area (Å²) in [5, 5.41) is 28.3. The lowest BCUT2D eigenvalue weighted by Crippen LogP contribution is -2.20. The quantitative estimate of drug-likeness (QED) is 0.399. The number of hydrogen-bond acceptors (Lipinski definition) is 9. The summed E-state index contributed by atoms with van der Waals surface area (Å²) in [6.07, 6.45) is 1.29. The molecule has 156 valence electrons. The Morgan fingerprint density at radius 3 is 2.81 bits per heavy atom. The first kappa shape index (κ1) is 20.3. The second kappa shape index (κ2) is 7.35. The number of aryl methyl sites for hydroxylation is 1. The predicted octanol–water partition coefficient (Wildman–Crippen LogP) is 1.70. The number of nitrogens with zero attached hydrogens (tertiary/aromatic N) is 6. The van der Waals surface area contributed by atoms with Crippen molar-refractivity contribution >= 4 is 34.4 Å². The summed E-state index contributed by atoms with van der Waals surface area (Å²) in [5.41, 5.74) is 4.63. The lowest BCUT2D eigenvalue weighted by atomic mass is 10.1. The van der Waals surface area contributed by atoms with Crippen LogP contribution in [0.4, 0.5) is 5.95 Å². The summed E-state index contributed by atoms with van der Waals surface area (Å²) in [6, 6.07) is 4.74. The van der Waals surface area contributed by atoms with Crippen LogP contribution in [0.15, 0.2) is 28.9 Å². The highest BCUT2D eigenvalue weighted by molar-refractivity contribution is 6.32. The van der Waals surface area contributed by atoms with Gasteiger partial charge in [0.2, 0.25) is 17.7 Å². The third-order valence-electron chi connectivity index (χ3n) is 4.24. The zero-order valence-corrected chi connectivity index (χ0v) is 16.9. The van der Waals surface area contributed by atoms with E-state index in [0.717, 1.165) is 0 Å². The Morgan fingerprint density at radius 1 is 1.35 bits per heavy atom. The van der Waals surface area contributed by atoms with E-state index in [2.05, 4.69) is 37.0 Å². The summed E-state index contributed by atoms with van der Waals surface area (Å²) in [4.78, 5) is 23.5. The first-order chi connectivity index (χ1) is 14.7. The Morgan fingerprint density at radius 2 is 2.13 bits per heavy atom. The molecule has 3 heterocycles. The number of aromatic nitrogens is 6. The number of carboxylic acid groups (broad SMARTS) is 1. The molecule has 0 spiro atoms. The molecule has 0 bridgehead atoms. The van der Waals surface area contributed by atoms with E-state index < -0.39 is 11.6 Å². The Labute approximate surface area is 179 Å². The van der Waals surface area contributed by atoms with Crippen molar-refractivity contribution in [3.8, 4) is 17.7 Å². The van der Waals surface area contributed by atoms with Gasteiger partial charge in [-0.25, -0.2) is 14.5 Å². The molecule has 0 aliphatic rings. The highest BCUT2D eigenvalue weighted by Crippen LogP contribution is 2.26. The third kappa shape index (κ3) is 3.77. The van der Waals surface area contributed by atoms with Crippen molar-refractivity contribution in [3.05, 3.63) is 52.4 Å². The van der Waals surface area contributed by atoms with Gasteiger partial charge in [0, 0.05) is 17.9 Å². The lowest BCUT2D eigenvalue weighted by molar-refractivity contribution is 0.0692. The van der Waals surface area contributed by atoms with Crippen LogP contribution in [-0.2, 0) is 5.60 Å². The van der Waals surface area contributed by atoms with Crippen LogP contribution in [-0.4, -0.2) is 46.1 Å². The zero-order chi connectivity index (χ0) is 22.3. The fraction of sp³-hybridized carbons (Fsp3) is 0.158. The third-order valence-corrected chi connectivity index (χ3v) is 4.51. The van der Waals surface area contributed by atoms with Gasteiger partial charge in [-0.3, -0.25) is 0 Å². The molecule has 12 heteroatoms. The molecule has 3 aromatic heterocycles. The largest absolute Gasteiger partial charge is 0.476 e. The number of aromatic carboxylic acids is 1. The topological polar surface area (TPSA) is 166 Å². The number of nitrogens with two attached hydrogens (primary N) is 1. The molecule has 0 radical (unpaired) electrons. The summed E-state index contributed by atoms with van der Waals surface area (Å²) in [5.74, 6) is 4.67.